The van der Waals surface area contributed by atoms with Gasteiger partial charge in [0.2, 0.25) is 0 Å². The summed E-state index contributed by atoms with van der Waals surface area (Å²) in [5, 5.41) is 1.04. The number of aromatic nitrogens is 1. The number of amides is 1. The van der Waals surface area contributed by atoms with Gasteiger partial charge in [-0.05, 0) is 80.8 Å². The second-order valence-corrected chi connectivity index (χ2v) is 10.1. The van der Waals surface area contributed by atoms with E-state index >= 15 is 0 Å². The molecule has 0 unspecified atom stereocenters. The van der Waals surface area contributed by atoms with Gasteiger partial charge in [-0.15, -0.1) is 0 Å². The monoisotopic (exact) mass is 568 g/mol. The molecule has 1 aliphatic rings. The van der Waals surface area contributed by atoms with Crippen LogP contribution in [0.25, 0.3) is 11.8 Å². The Balaban J connectivity index is 1.70. The van der Waals surface area contributed by atoms with Crippen molar-refractivity contribution in [1.82, 2.24) is 9.47 Å². The number of ether oxygens (including phenoxy) is 3. The van der Waals surface area contributed by atoms with Crippen molar-refractivity contribution >= 4 is 41.2 Å². The maximum Gasteiger partial charge on any atom is 0.340 e. The molecule has 0 atom stereocenters. The second-order valence-electron chi connectivity index (χ2n) is 9.20. The first-order chi connectivity index (χ1) is 18.6. The molecule has 4 rings (SSSR count). The molecule has 0 N–H and O–H groups in total. The minimum absolute atomic E-state index is 0.255. The van der Waals surface area contributed by atoms with E-state index in [0.717, 1.165) is 28.2 Å². The first kappa shape index (κ1) is 28.3. The van der Waals surface area contributed by atoms with Crippen molar-refractivity contribution in [2.75, 3.05) is 27.9 Å². The first-order valence-corrected chi connectivity index (χ1v) is 13.0. The first-order valence-electron chi connectivity index (χ1n) is 12.3. The smallest absolute Gasteiger partial charge is 0.340 e. The molecule has 0 spiro atoms. The molecule has 1 aliphatic heterocycles. The average Bonchev–Trinajstić information content (AvgIpc) is 3.31. The second kappa shape index (κ2) is 11.6. The van der Waals surface area contributed by atoms with Crippen molar-refractivity contribution in [3.05, 3.63) is 91.9 Å². The lowest BCUT2D eigenvalue weighted by atomic mass is 10.0. The molecule has 204 valence electrons. The zero-order chi connectivity index (χ0) is 28.4. The van der Waals surface area contributed by atoms with Gasteiger partial charge < -0.3 is 23.7 Å². The average molecular weight is 569 g/mol. The van der Waals surface area contributed by atoms with E-state index in [1.165, 1.54) is 7.11 Å². The van der Waals surface area contributed by atoms with E-state index in [0.29, 0.717) is 40.2 Å². The van der Waals surface area contributed by atoms with E-state index < -0.39 is 5.97 Å². The quantitative estimate of drug-likeness (QED) is 0.234. The molecule has 3 aromatic rings. The minimum atomic E-state index is -0.559. The third-order valence-electron chi connectivity index (χ3n) is 6.85. The van der Waals surface area contributed by atoms with Crippen LogP contribution in [0.1, 0.15) is 29.4 Å². The number of nitrogens with zero attached hydrogens (tertiary/aromatic N) is 2. The Labute approximate surface area is 238 Å². The summed E-state index contributed by atoms with van der Waals surface area (Å²) in [6.45, 7) is 6.03. The Morgan fingerprint density at radius 1 is 0.923 bits per heavy atom. The van der Waals surface area contributed by atoms with Crippen molar-refractivity contribution in [1.29, 1.82) is 0 Å². The largest absolute Gasteiger partial charge is 0.493 e. The van der Waals surface area contributed by atoms with E-state index in [1.807, 2.05) is 54.8 Å². The molecule has 0 saturated carbocycles. The molecule has 0 bridgehead atoms. The Morgan fingerprint density at radius 2 is 1.59 bits per heavy atom. The molecular weight excluding hydrogens is 539 g/mol. The summed E-state index contributed by atoms with van der Waals surface area (Å²) >= 11 is 12.5. The van der Waals surface area contributed by atoms with Crippen molar-refractivity contribution in [3.8, 4) is 17.2 Å². The molecule has 39 heavy (non-hydrogen) atoms. The summed E-state index contributed by atoms with van der Waals surface area (Å²) in [6, 6.07) is 12.9. The van der Waals surface area contributed by atoms with Gasteiger partial charge in [-0.3, -0.25) is 4.79 Å². The summed E-state index contributed by atoms with van der Waals surface area (Å²) in [5.74, 6) is 0.424. The highest BCUT2D eigenvalue weighted by atomic mass is 35.5. The molecule has 7 nitrogen and oxygen atoms in total. The highest BCUT2D eigenvalue weighted by molar-refractivity contribution is 6.34. The molecule has 2 heterocycles. The molecule has 0 fully saturated rings. The van der Waals surface area contributed by atoms with Crippen LogP contribution in [0, 0.1) is 13.8 Å². The summed E-state index contributed by atoms with van der Waals surface area (Å²) in [6.07, 6.45) is 2.30. The lowest BCUT2D eigenvalue weighted by Gasteiger charge is -2.18. The molecule has 2 aromatic carbocycles. The molecule has 0 aliphatic carbocycles. The van der Waals surface area contributed by atoms with Gasteiger partial charge in [-0.25, -0.2) is 4.79 Å². The van der Waals surface area contributed by atoms with Crippen LogP contribution in [0.5, 0.6) is 11.5 Å². The van der Waals surface area contributed by atoms with Gasteiger partial charge in [-0.2, -0.15) is 0 Å². The number of allylic oxidation sites excluding steroid dienone is 1. The maximum absolute atomic E-state index is 13.7. The predicted octanol–water partition coefficient (Wildman–Crippen LogP) is 6.33. The Bertz CT molecular complexity index is 1500. The van der Waals surface area contributed by atoms with Crippen molar-refractivity contribution < 1.29 is 23.8 Å². The van der Waals surface area contributed by atoms with Gasteiger partial charge in [0.05, 0.1) is 32.5 Å². The van der Waals surface area contributed by atoms with Crippen LogP contribution in [0.3, 0.4) is 0 Å². The number of halogens is 2. The molecule has 1 amide bonds. The summed E-state index contributed by atoms with van der Waals surface area (Å²) in [5.41, 5.74) is 5.46. The van der Waals surface area contributed by atoms with Crippen molar-refractivity contribution in [2.24, 2.45) is 0 Å². The van der Waals surface area contributed by atoms with Gasteiger partial charge in [0.1, 0.15) is 0 Å². The van der Waals surface area contributed by atoms with Gasteiger partial charge >= 0.3 is 5.97 Å². The maximum atomic E-state index is 13.7. The van der Waals surface area contributed by atoms with Crippen LogP contribution in [-0.2, 0) is 20.7 Å². The molecular formula is C30H30Cl2N2O5. The lowest BCUT2D eigenvalue weighted by Crippen LogP contribution is -2.27. The number of carbonyl (C=O) groups is 2. The van der Waals surface area contributed by atoms with Gasteiger partial charge in [0.25, 0.3) is 5.91 Å². The van der Waals surface area contributed by atoms with Crippen molar-refractivity contribution in [3.63, 3.8) is 0 Å². The fraction of sp³-hybridized carbons (Fsp3) is 0.267. The van der Waals surface area contributed by atoms with Crippen LogP contribution >= 0.6 is 23.2 Å². The van der Waals surface area contributed by atoms with E-state index in [-0.39, 0.29) is 17.1 Å². The van der Waals surface area contributed by atoms with Crippen LogP contribution in [0.4, 0.5) is 0 Å². The van der Waals surface area contributed by atoms with E-state index in [4.69, 9.17) is 37.4 Å². The number of esters is 1. The topological polar surface area (TPSA) is 70.0 Å². The van der Waals surface area contributed by atoms with E-state index in [9.17, 15) is 9.59 Å². The molecule has 1 aromatic heterocycles. The fourth-order valence-electron chi connectivity index (χ4n) is 4.93. The summed E-state index contributed by atoms with van der Waals surface area (Å²) < 4.78 is 17.8. The standard InChI is InChI=1S/C30H30Cl2N2O5/c1-17-11-21(18(2)34(17)24-15-22(31)14-23(32)16-24)13-25-28(30(36)39-6)19(3)33(29(25)35)10-9-20-7-8-26(37-4)27(12-20)38-5/h7-8,11-16H,9-10H2,1-6H3/b25-13-. The fourth-order valence-corrected chi connectivity index (χ4v) is 5.44. The number of hydrogen-bond acceptors (Lipinski definition) is 5. The third kappa shape index (κ3) is 5.56. The normalized spacial score (nSPS) is 14.4. The van der Waals surface area contributed by atoms with Crippen LogP contribution in [-0.4, -0.2) is 49.2 Å². The van der Waals surface area contributed by atoms with Crippen molar-refractivity contribution in [2.45, 2.75) is 27.2 Å². The Kier molecular flexibility index (Phi) is 8.42. The highest BCUT2D eigenvalue weighted by Gasteiger charge is 2.37. The minimum Gasteiger partial charge on any atom is -0.493 e. The highest BCUT2D eigenvalue weighted by Crippen LogP contribution is 2.34. The van der Waals surface area contributed by atoms with Gasteiger partial charge in [0, 0.05) is 39.4 Å². The Hall–Kier alpha value is -3.68. The summed E-state index contributed by atoms with van der Waals surface area (Å²) in [4.78, 5) is 28.1. The summed E-state index contributed by atoms with van der Waals surface area (Å²) in [7, 11) is 4.47. The number of carbonyl (C=O) groups excluding carboxylic acids is 2. The number of rotatable bonds is 8. The van der Waals surface area contributed by atoms with E-state index in [2.05, 4.69) is 0 Å². The zero-order valence-corrected chi connectivity index (χ0v) is 24.2. The van der Waals surface area contributed by atoms with E-state index in [1.54, 1.807) is 38.2 Å². The molecule has 9 heteroatoms. The number of aryl methyl sites for hydroxylation is 1. The Morgan fingerprint density at radius 3 is 2.21 bits per heavy atom. The third-order valence-corrected chi connectivity index (χ3v) is 7.29. The zero-order valence-electron chi connectivity index (χ0n) is 22.7. The SMILES string of the molecule is COC(=O)C1=C(C)N(CCc2ccc(OC)c(OC)c2)C(=O)/C1=C\c1cc(C)n(-c2cc(Cl)cc(Cl)c2)c1C. The van der Waals surface area contributed by atoms with Crippen LogP contribution < -0.4 is 9.47 Å². The molecule has 0 radical (unpaired) electrons. The van der Waals surface area contributed by atoms with Crippen LogP contribution in [0.2, 0.25) is 10.0 Å². The number of hydrogen-bond donors (Lipinski definition) is 0. The predicted molar refractivity (Wildman–Crippen MR) is 153 cm³/mol. The molecule has 0 saturated heterocycles. The van der Waals surface area contributed by atoms with Gasteiger partial charge in [0.15, 0.2) is 11.5 Å². The number of methoxy groups -OCH3 is 3. The van der Waals surface area contributed by atoms with Gasteiger partial charge in [-0.1, -0.05) is 29.3 Å². The van der Waals surface area contributed by atoms with Crippen LogP contribution in [0.15, 0.2) is 59.3 Å². The number of benzene rings is 2. The lowest BCUT2D eigenvalue weighted by molar-refractivity contribution is -0.136.